The monoisotopic (exact) mass is 358 g/mol. The van der Waals surface area contributed by atoms with Crippen LogP contribution >= 0.6 is 0 Å². The molecule has 1 aromatic carbocycles. The molecule has 138 valence electrons. The first-order valence-corrected chi connectivity index (χ1v) is 8.42. The van der Waals surface area contributed by atoms with Gasteiger partial charge in [-0.2, -0.15) is 0 Å². The van der Waals surface area contributed by atoms with E-state index in [9.17, 15) is 4.79 Å². The highest BCUT2D eigenvalue weighted by Gasteiger charge is 2.17. The normalized spacial score (nSPS) is 15.2. The lowest BCUT2D eigenvalue weighted by molar-refractivity contribution is -0.122. The molecular weight excluding hydrogens is 336 g/mol. The van der Waals surface area contributed by atoms with Crippen LogP contribution in [-0.2, 0) is 9.53 Å². The topological polar surface area (TPSA) is 85.8 Å². The Balaban J connectivity index is 1.59. The second-order valence-corrected chi connectivity index (χ2v) is 5.79. The molecule has 0 spiro atoms. The molecule has 0 radical (unpaired) electrons. The summed E-state index contributed by atoms with van der Waals surface area (Å²) >= 11 is 0. The Morgan fingerprint density at radius 1 is 1.19 bits per heavy atom. The van der Waals surface area contributed by atoms with Crippen LogP contribution < -0.4 is 19.7 Å². The van der Waals surface area contributed by atoms with E-state index in [2.05, 4.69) is 20.2 Å². The number of nitrogens with zero attached hydrogens (tertiary/aromatic N) is 3. The molecule has 1 aliphatic rings. The van der Waals surface area contributed by atoms with Crippen molar-refractivity contribution in [1.29, 1.82) is 0 Å². The van der Waals surface area contributed by atoms with Crippen LogP contribution in [0.25, 0.3) is 0 Å². The SMILES string of the molecule is COc1ccc(OC(C)C(=O)Nc2cc(N3CCOCC3)ncn2)cc1. The third-order valence-corrected chi connectivity index (χ3v) is 3.98. The number of anilines is 2. The maximum Gasteiger partial charge on any atom is 0.266 e. The number of rotatable bonds is 6. The summed E-state index contributed by atoms with van der Waals surface area (Å²) in [5, 5.41) is 2.77. The number of carbonyl (C=O) groups is 1. The largest absolute Gasteiger partial charge is 0.497 e. The Hall–Kier alpha value is -2.87. The van der Waals surface area contributed by atoms with Crippen LogP contribution in [0.4, 0.5) is 11.6 Å². The molecule has 1 aromatic heterocycles. The minimum atomic E-state index is -0.676. The zero-order valence-corrected chi connectivity index (χ0v) is 14.8. The van der Waals surface area contributed by atoms with Gasteiger partial charge in [-0.05, 0) is 31.2 Å². The molecule has 1 aliphatic heterocycles. The zero-order chi connectivity index (χ0) is 18.4. The van der Waals surface area contributed by atoms with Crippen LogP contribution in [0.1, 0.15) is 6.92 Å². The molecule has 0 bridgehead atoms. The molecule has 1 fully saturated rings. The third-order valence-electron chi connectivity index (χ3n) is 3.98. The zero-order valence-electron chi connectivity index (χ0n) is 14.8. The van der Waals surface area contributed by atoms with Gasteiger partial charge in [0.05, 0.1) is 20.3 Å². The second kappa shape index (κ2) is 8.48. The van der Waals surface area contributed by atoms with E-state index in [0.29, 0.717) is 24.8 Å². The summed E-state index contributed by atoms with van der Waals surface area (Å²) in [4.78, 5) is 22.8. The Labute approximate surface area is 152 Å². The molecule has 1 atom stereocenters. The van der Waals surface area contributed by atoms with Crippen molar-refractivity contribution in [3.8, 4) is 11.5 Å². The molecule has 0 aliphatic carbocycles. The Morgan fingerprint density at radius 3 is 2.58 bits per heavy atom. The number of hydrogen-bond donors (Lipinski definition) is 1. The van der Waals surface area contributed by atoms with Crippen LogP contribution in [0.5, 0.6) is 11.5 Å². The number of aromatic nitrogens is 2. The van der Waals surface area contributed by atoms with Gasteiger partial charge in [0.1, 0.15) is 29.5 Å². The van der Waals surface area contributed by atoms with Crippen LogP contribution in [0.2, 0.25) is 0 Å². The van der Waals surface area contributed by atoms with Crippen molar-refractivity contribution in [2.24, 2.45) is 0 Å². The number of amides is 1. The fourth-order valence-electron chi connectivity index (χ4n) is 2.52. The number of benzene rings is 1. The summed E-state index contributed by atoms with van der Waals surface area (Å²) in [6.45, 7) is 4.54. The highest BCUT2D eigenvalue weighted by Crippen LogP contribution is 2.19. The maximum absolute atomic E-state index is 12.4. The Kier molecular flexibility index (Phi) is 5.85. The van der Waals surface area contributed by atoms with Crippen LogP contribution in [0, 0.1) is 0 Å². The van der Waals surface area contributed by atoms with Gasteiger partial charge in [-0.3, -0.25) is 4.79 Å². The van der Waals surface area contributed by atoms with E-state index in [1.807, 2.05) is 0 Å². The molecule has 1 saturated heterocycles. The molecule has 3 rings (SSSR count). The lowest BCUT2D eigenvalue weighted by atomic mass is 10.3. The first-order chi connectivity index (χ1) is 12.7. The molecule has 1 amide bonds. The Bertz CT molecular complexity index is 732. The molecule has 8 nitrogen and oxygen atoms in total. The predicted octanol–water partition coefficient (Wildman–Crippen LogP) is 1.73. The molecule has 26 heavy (non-hydrogen) atoms. The van der Waals surface area contributed by atoms with E-state index in [1.165, 1.54) is 6.33 Å². The number of ether oxygens (including phenoxy) is 3. The summed E-state index contributed by atoms with van der Waals surface area (Å²) in [6.07, 6.45) is 0.764. The standard InChI is InChI=1S/C18H22N4O4/c1-13(26-15-5-3-14(24-2)4-6-15)18(23)21-16-11-17(20-12-19-16)22-7-9-25-10-8-22/h3-6,11-13H,7-10H2,1-2H3,(H,19,20,21,23). The van der Waals surface area contributed by atoms with Gasteiger partial charge in [0.2, 0.25) is 0 Å². The van der Waals surface area contributed by atoms with Gasteiger partial charge in [0, 0.05) is 19.2 Å². The molecule has 8 heteroatoms. The van der Waals surface area contributed by atoms with Gasteiger partial charge in [-0.25, -0.2) is 9.97 Å². The molecule has 2 aromatic rings. The summed E-state index contributed by atoms with van der Waals surface area (Å²) in [5.74, 6) is 2.24. The van der Waals surface area contributed by atoms with Crippen LogP contribution in [0.3, 0.4) is 0 Å². The van der Waals surface area contributed by atoms with E-state index in [-0.39, 0.29) is 5.91 Å². The number of morpholine rings is 1. The fourth-order valence-corrected chi connectivity index (χ4v) is 2.52. The van der Waals surface area contributed by atoms with Gasteiger partial charge in [-0.15, -0.1) is 0 Å². The maximum atomic E-state index is 12.4. The van der Waals surface area contributed by atoms with E-state index in [0.717, 1.165) is 24.7 Å². The highest BCUT2D eigenvalue weighted by molar-refractivity contribution is 5.93. The lowest BCUT2D eigenvalue weighted by Crippen LogP contribution is -2.37. The van der Waals surface area contributed by atoms with Gasteiger partial charge in [0.15, 0.2) is 6.10 Å². The average Bonchev–Trinajstić information content (AvgIpc) is 2.69. The lowest BCUT2D eigenvalue weighted by Gasteiger charge is -2.27. The van der Waals surface area contributed by atoms with Gasteiger partial charge >= 0.3 is 0 Å². The van der Waals surface area contributed by atoms with E-state index in [4.69, 9.17) is 14.2 Å². The molecular formula is C18H22N4O4. The number of hydrogen-bond acceptors (Lipinski definition) is 7. The molecule has 1 N–H and O–H groups in total. The fraction of sp³-hybridized carbons (Fsp3) is 0.389. The predicted molar refractivity (Wildman–Crippen MR) is 96.8 cm³/mol. The van der Waals surface area contributed by atoms with Crippen molar-refractivity contribution >= 4 is 17.5 Å². The minimum Gasteiger partial charge on any atom is -0.497 e. The van der Waals surface area contributed by atoms with E-state index in [1.54, 1.807) is 44.4 Å². The van der Waals surface area contributed by atoms with Crippen molar-refractivity contribution in [2.45, 2.75) is 13.0 Å². The van der Waals surface area contributed by atoms with Crippen molar-refractivity contribution in [1.82, 2.24) is 9.97 Å². The van der Waals surface area contributed by atoms with Crippen molar-refractivity contribution < 1.29 is 19.0 Å². The van der Waals surface area contributed by atoms with Crippen LogP contribution in [-0.4, -0.2) is 55.4 Å². The van der Waals surface area contributed by atoms with E-state index >= 15 is 0 Å². The van der Waals surface area contributed by atoms with Gasteiger partial charge in [-0.1, -0.05) is 0 Å². The Morgan fingerprint density at radius 2 is 1.88 bits per heavy atom. The summed E-state index contributed by atoms with van der Waals surface area (Å²) < 4.78 is 16.1. The quantitative estimate of drug-likeness (QED) is 0.841. The number of carbonyl (C=O) groups excluding carboxylic acids is 1. The van der Waals surface area contributed by atoms with Crippen molar-refractivity contribution in [3.63, 3.8) is 0 Å². The van der Waals surface area contributed by atoms with Crippen LogP contribution in [0.15, 0.2) is 36.7 Å². The molecule has 0 saturated carbocycles. The van der Waals surface area contributed by atoms with Crippen molar-refractivity contribution in [2.75, 3.05) is 43.6 Å². The molecule has 1 unspecified atom stereocenters. The third kappa shape index (κ3) is 4.60. The molecule has 2 heterocycles. The van der Waals surface area contributed by atoms with Gasteiger partial charge in [0.25, 0.3) is 5.91 Å². The number of nitrogens with one attached hydrogen (secondary N) is 1. The minimum absolute atomic E-state index is 0.285. The van der Waals surface area contributed by atoms with Gasteiger partial charge < -0.3 is 24.4 Å². The first-order valence-electron chi connectivity index (χ1n) is 8.42. The van der Waals surface area contributed by atoms with E-state index < -0.39 is 6.10 Å². The first kappa shape index (κ1) is 17.9. The summed E-state index contributed by atoms with van der Waals surface area (Å²) in [6, 6.07) is 8.81. The second-order valence-electron chi connectivity index (χ2n) is 5.79. The highest BCUT2D eigenvalue weighted by atomic mass is 16.5. The smallest absolute Gasteiger partial charge is 0.266 e. The van der Waals surface area contributed by atoms with Crippen molar-refractivity contribution in [3.05, 3.63) is 36.7 Å². The number of methoxy groups -OCH3 is 1. The summed E-state index contributed by atoms with van der Waals surface area (Å²) in [7, 11) is 1.60. The average molecular weight is 358 g/mol. The summed E-state index contributed by atoms with van der Waals surface area (Å²) in [5.41, 5.74) is 0.